The third-order valence-corrected chi connectivity index (χ3v) is 2.76. The molecule has 0 aliphatic heterocycles. The number of carbonyl (C=O) groups is 2. The Balaban J connectivity index is 2.11. The van der Waals surface area contributed by atoms with Gasteiger partial charge in [0.25, 0.3) is 0 Å². The molecule has 0 aromatic carbocycles. The Morgan fingerprint density at radius 2 is 2.00 bits per heavy atom. The Kier molecular flexibility index (Phi) is 5.19. The fraction of sp³-hybridized carbons (Fsp3) is 0.667. The number of hydrogen-bond donors (Lipinski definition) is 1. The quantitative estimate of drug-likeness (QED) is 0.420. The summed E-state index contributed by atoms with van der Waals surface area (Å²) < 4.78 is 4.50. The summed E-state index contributed by atoms with van der Waals surface area (Å²) >= 11 is 0. The van der Waals surface area contributed by atoms with E-state index >= 15 is 0 Å². The van der Waals surface area contributed by atoms with Crippen molar-refractivity contribution in [1.29, 1.82) is 0 Å². The topological polar surface area (TPSA) is 63.6 Å². The summed E-state index contributed by atoms with van der Waals surface area (Å²) in [6.07, 6.45) is 5.70. The van der Waals surface area contributed by atoms with Crippen LogP contribution in [0.3, 0.4) is 0 Å². The molecule has 4 heteroatoms. The Morgan fingerprint density at radius 1 is 1.31 bits per heavy atom. The predicted molar refractivity (Wildman–Crippen MR) is 58.7 cm³/mol. The Morgan fingerprint density at radius 3 is 2.56 bits per heavy atom. The molecule has 0 bridgehead atoms. The van der Waals surface area contributed by atoms with Gasteiger partial charge in [-0.25, -0.2) is 0 Å². The number of ether oxygens (including phenoxy) is 1. The highest BCUT2D eigenvalue weighted by molar-refractivity contribution is 5.83. The molecule has 1 N–H and O–H groups in total. The van der Waals surface area contributed by atoms with Crippen molar-refractivity contribution in [2.45, 2.75) is 38.2 Å². The molecular weight excluding hydrogens is 208 g/mol. The van der Waals surface area contributed by atoms with Crippen molar-refractivity contribution in [3.63, 3.8) is 0 Å². The smallest absolute Gasteiger partial charge is 0.305 e. The SMILES string of the molecule is COC(=O)CCCCC(=O)[C@@H]1C=C[C@H](O)C1. The minimum Gasteiger partial charge on any atom is -0.469 e. The maximum absolute atomic E-state index is 11.6. The number of aliphatic hydroxyl groups excluding tert-OH is 1. The molecule has 1 rings (SSSR count). The third kappa shape index (κ3) is 4.14. The second-order valence-corrected chi connectivity index (χ2v) is 4.04. The second kappa shape index (κ2) is 6.43. The highest BCUT2D eigenvalue weighted by Crippen LogP contribution is 2.20. The monoisotopic (exact) mass is 226 g/mol. The van der Waals surface area contributed by atoms with E-state index in [1.54, 1.807) is 12.2 Å². The molecule has 0 fully saturated rings. The third-order valence-electron chi connectivity index (χ3n) is 2.76. The number of Topliss-reactive ketones (excluding diaryl/α,β-unsaturated/α-hetero) is 1. The second-order valence-electron chi connectivity index (χ2n) is 4.04. The minimum atomic E-state index is -0.469. The zero-order chi connectivity index (χ0) is 12.0. The first-order valence-corrected chi connectivity index (χ1v) is 5.59. The summed E-state index contributed by atoms with van der Waals surface area (Å²) in [5.74, 6) is -0.213. The number of esters is 1. The zero-order valence-electron chi connectivity index (χ0n) is 9.52. The highest BCUT2D eigenvalue weighted by Gasteiger charge is 2.22. The van der Waals surface area contributed by atoms with Crippen LogP contribution in [0.5, 0.6) is 0 Å². The molecule has 0 aromatic heterocycles. The lowest BCUT2D eigenvalue weighted by atomic mass is 9.98. The van der Waals surface area contributed by atoms with E-state index in [0.29, 0.717) is 32.1 Å². The molecule has 16 heavy (non-hydrogen) atoms. The molecule has 0 radical (unpaired) electrons. The van der Waals surface area contributed by atoms with E-state index in [1.165, 1.54) is 7.11 Å². The lowest BCUT2D eigenvalue weighted by Crippen LogP contribution is -2.13. The van der Waals surface area contributed by atoms with E-state index in [1.807, 2.05) is 0 Å². The molecule has 2 atom stereocenters. The van der Waals surface area contributed by atoms with E-state index in [-0.39, 0.29) is 17.7 Å². The van der Waals surface area contributed by atoms with Gasteiger partial charge >= 0.3 is 5.97 Å². The van der Waals surface area contributed by atoms with Gasteiger partial charge in [0.2, 0.25) is 0 Å². The largest absolute Gasteiger partial charge is 0.469 e. The van der Waals surface area contributed by atoms with Gasteiger partial charge in [-0.05, 0) is 19.3 Å². The van der Waals surface area contributed by atoms with Gasteiger partial charge in [0.1, 0.15) is 5.78 Å². The number of aliphatic hydroxyl groups is 1. The van der Waals surface area contributed by atoms with Crippen molar-refractivity contribution in [3.8, 4) is 0 Å². The fourth-order valence-corrected chi connectivity index (χ4v) is 1.77. The van der Waals surface area contributed by atoms with E-state index in [9.17, 15) is 14.7 Å². The van der Waals surface area contributed by atoms with Crippen LogP contribution in [-0.4, -0.2) is 30.1 Å². The van der Waals surface area contributed by atoms with Gasteiger partial charge in [-0.15, -0.1) is 0 Å². The summed E-state index contributed by atoms with van der Waals surface area (Å²) in [5.41, 5.74) is 0. The number of methoxy groups -OCH3 is 1. The highest BCUT2D eigenvalue weighted by atomic mass is 16.5. The number of carbonyl (C=O) groups excluding carboxylic acids is 2. The molecule has 0 amide bonds. The summed E-state index contributed by atoms with van der Waals surface area (Å²) in [6, 6.07) is 0. The van der Waals surface area contributed by atoms with Crippen molar-refractivity contribution in [2.75, 3.05) is 7.11 Å². The number of unbranched alkanes of at least 4 members (excludes halogenated alkanes) is 1. The summed E-state index contributed by atoms with van der Waals surface area (Å²) in [5, 5.41) is 9.22. The van der Waals surface area contributed by atoms with Gasteiger partial charge in [-0.3, -0.25) is 9.59 Å². The van der Waals surface area contributed by atoms with Gasteiger partial charge in [-0.1, -0.05) is 12.2 Å². The Bertz CT molecular complexity index is 283. The molecule has 90 valence electrons. The van der Waals surface area contributed by atoms with E-state index in [0.717, 1.165) is 0 Å². The molecule has 0 unspecified atom stereocenters. The van der Waals surface area contributed by atoms with Crippen molar-refractivity contribution in [1.82, 2.24) is 0 Å². The van der Waals surface area contributed by atoms with Gasteiger partial charge < -0.3 is 9.84 Å². The number of hydrogen-bond acceptors (Lipinski definition) is 4. The molecule has 0 spiro atoms. The standard InChI is InChI=1S/C12H18O4/c1-16-12(15)5-3-2-4-11(14)9-6-7-10(13)8-9/h6-7,9-10,13H,2-5,8H2,1H3/t9-,10+/m1/s1. The van der Waals surface area contributed by atoms with Gasteiger partial charge in [0, 0.05) is 18.8 Å². The van der Waals surface area contributed by atoms with Crippen molar-refractivity contribution in [3.05, 3.63) is 12.2 Å². The Hall–Kier alpha value is -1.16. The van der Waals surface area contributed by atoms with Gasteiger partial charge in [0.05, 0.1) is 13.2 Å². The molecule has 0 saturated heterocycles. The zero-order valence-corrected chi connectivity index (χ0v) is 9.52. The molecule has 0 saturated carbocycles. The van der Waals surface area contributed by atoms with Crippen LogP contribution in [0, 0.1) is 5.92 Å². The van der Waals surface area contributed by atoms with E-state index in [4.69, 9.17) is 0 Å². The fourth-order valence-electron chi connectivity index (χ4n) is 1.77. The number of rotatable bonds is 6. The average molecular weight is 226 g/mol. The molecule has 1 aliphatic carbocycles. The first-order chi connectivity index (χ1) is 7.63. The summed E-state index contributed by atoms with van der Waals surface area (Å²) in [6.45, 7) is 0. The Labute approximate surface area is 95.3 Å². The number of ketones is 1. The maximum atomic E-state index is 11.6. The average Bonchev–Trinajstić information content (AvgIpc) is 2.70. The maximum Gasteiger partial charge on any atom is 0.305 e. The van der Waals surface area contributed by atoms with Crippen LogP contribution in [0.1, 0.15) is 32.1 Å². The van der Waals surface area contributed by atoms with Crippen molar-refractivity contribution >= 4 is 11.8 Å². The van der Waals surface area contributed by atoms with E-state index in [2.05, 4.69) is 4.74 Å². The van der Waals surface area contributed by atoms with Crippen LogP contribution in [0.2, 0.25) is 0 Å². The number of allylic oxidation sites excluding steroid dienone is 1. The lowest BCUT2D eigenvalue weighted by molar-refractivity contribution is -0.140. The first kappa shape index (κ1) is 12.9. The van der Waals surface area contributed by atoms with Crippen LogP contribution >= 0.6 is 0 Å². The van der Waals surface area contributed by atoms with Gasteiger partial charge in [-0.2, -0.15) is 0 Å². The van der Waals surface area contributed by atoms with E-state index < -0.39 is 6.10 Å². The minimum absolute atomic E-state index is 0.131. The first-order valence-electron chi connectivity index (χ1n) is 5.59. The van der Waals surface area contributed by atoms with Crippen molar-refractivity contribution in [2.24, 2.45) is 5.92 Å². The molecule has 0 heterocycles. The molecule has 1 aliphatic rings. The van der Waals surface area contributed by atoms with Gasteiger partial charge in [0.15, 0.2) is 0 Å². The van der Waals surface area contributed by atoms with Crippen molar-refractivity contribution < 1.29 is 19.4 Å². The normalized spacial score (nSPS) is 23.4. The van der Waals surface area contributed by atoms with Crippen LogP contribution < -0.4 is 0 Å². The van der Waals surface area contributed by atoms with Crippen LogP contribution in [0.4, 0.5) is 0 Å². The van der Waals surface area contributed by atoms with Crippen LogP contribution in [0.25, 0.3) is 0 Å². The molecule has 4 nitrogen and oxygen atoms in total. The molecule has 0 aromatic rings. The molecular formula is C12H18O4. The lowest BCUT2D eigenvalue weighted by Gasteiger charge is -2.07. The summed E-state index contributed by atoms with van der Waals surface area (Å²) in [7, 11) is 1.36. The van der Waals surface area contributed by atoms with Crippen LogP contribution in [-0.2, 0) is 14.3 Å². The van der Waals surface area contributed by atoms with Crippen LogP contribution in [0.15, 0.2) is 12.2 Å². The summed E-state index contributed by atoms with van der Waals surface area (Å²) in [4.78, 5) is 22.4. The predicted octanol–water partition coefficient (Wildman–Crippen LogP) is 1.23.